The lowest BCUT2D eigenvalue weighted by Gasteiger charge is -2.32. The highest BCUT2D eigenvalue weighted by Crippen LogP contribution is 2.48. The molecular weight excluding hydrogens is 470 g/mol. The number of carbonyl (C=O) groups excluding carboxylic acids is 2. The van der Waals surface area contributed by atoms with Crippen LogP contribution < -0.4 is 10.8 Å². The summed E-state index contributed by atoms with van der Waals surface area (Å²) in [6.45, 7) is -0.865. The monoisotopic (exact) mass is 486 g/mol. The molecule has 0 aliphatic carbocycles. The molecule has 1 aromatic heterocycles. The summed E-state index contributed by atoms with van der Waals surface area (Å²) in [6.07, 6.45) is -9.28. The molecule has 34 heavy (non-hydrogen) atoms. The van der Waals surface area contributed by atoms with E-state index in [1.54, 1.807) is 0 Å². The second-order valence-corrected chi connectivity index (χ2v) is 7.83. The van der Waals surface area contributed by atoms with Crippen LogP contribution in [0.1, 0.15) is 33.6 Å². The molecule has 180 valence electrons. The summed E-state index contributed by atoms with van der Waals surface area (Å²) in [7, 11) is 0. The number of aliphatic imine (C=N–C) groups is 1. The Morgan fingerprint density at radius 1 is 1.15 bits per heavy atom. The van der Waals surface area contributed by atoms with Gasteiger partial charge in [0.25, 0.3) is 11.8 Å². The Balaban J connectivity index is 1.55. The molecule has 1 aromatic carbocycles. The predicted octanol–water partition coefficient (Wildman–Crippen LogP) is 2.95. The van der Waals surface area contributed by atoms with Crippen LogP contribution in [0.5, 0.6) is 0 Å². The number of rotatable bonds is 4. The van der Waals surface area contributed by atoms with E-state index < -0.39 is 59.7 Å². The van der Waals surface area contributed by atoms with Gasteiger partial charge in [0.15, 0.2) is 0 Å². The molecule has 0 saturated carbocycles. The van der Waals surface area contributed by atoms with Crippen molar-refractivity contribution < 1.29 is 40.8 Å². The largest absolute Gasteiger partial charge is 0.416 e. The van der Waals surface area contributed by atoms with Crippen LogP contribution >= 0.6 is 0 Å². The van der Waals surface area contributed by atoms with E-state index >= 15 is 0 Å². The van der Waals surface area contributed by atoms with Crippen molar-refractivity contribution in [1.82, 2.24) is 15.8 Å². The molecule has 4 rings (SSSR count). The molecule has 0 spiro atoms. The van der Waals surface area contributed by atoms with Gasteiger partial charge in [-0.25, -0.2) is 5.48 Å². The van der Waals surface area contributed by atoms with Crippen molar-refractivity contribution in [2.24, 2.45) is 4.99 Å². The van der Waals surface area contributed by atoms with E-state index in [2.05, 4.69) is 20.8 Å². The van der Waals surface area contributed by atoms with Gasteiger partial charge in [0.1, 0.15) is 18.1 Å². The maximum absolute atomic E-state index is 14.1. The van der Waals surface area contributed by atoms with Gasteiger partial charge in [-0.1, -0.05) is 18.2 Å². The third kappa shape index (κ3) is 4.34. The molecule has 3 heterocycles. The van der Waals surface area contributed by atoms with Gasteiger partial charge in [-0.2, -0.15) is 26.3 Å². The highest BCUT2D eigenvalue weighted by Gasteiger charge is 2.58. The molecule has 1 fully saturated rings. The Bertz CT molecular complexity index is 1150. The minimum atomic E-state index is -4.88. The van der Waals surface area contributed by atoms with Gasteiger partial charge in [0.05, 0.1) is 29.1 Å². The number of hydrogen-bond donors (Lipinski definition) is 2. The van der Waals surface area contributed by atoms with Crippen LogP contribution in [0.3, 0.4) is 0 Å². The number of alkyl halides is 6. The zero-order valence-corrected chi connectivity index (χ0v) is 17.1. The lowest BCUT2D eigenvalue weighted by Crippen LogP contribution is -2.44. The number of aromatic nitrogens is 1. The number of amides is 2. The summed E-state index contributed by atoms with van der Waals surface area (Å²) in [5.41, 5.74) is -2.24. The van der Waals surface area contributed by atoms with Crippen LogP contribution in [0.2, 0.25) is 0 Å². The molecule has 0 bridgehead atoms. The van der Waals surface area contributed by atoms with E-state index in [1.165, 1.54) is 12.1 Å². The van der Waals surface area contributed by atoms with Gasteiger partial charge in [0.2, 0.25) is 0 Å². The molecule has 13 heteroatoms. The van der Waals surface area contributed by atoms with Crippen LogP contribution in [0, 0.1) is 0 Å². The van der Waals surface area contributed by atoms with Gasteiger partial charge in [-0.05, 0) is 23.8 Å². The van der Waals surface area contributed by atoms with Gasteiger partial charge in [-0.15, -0.1) is 0 Å². The number of nitrogens with one attached hydrogen (secondary N) is 2. The average molecular weight is 486 g/mol. The summed E-state index contributed by atoms with van der Waals surface area (Å²) in [5.74, 6) is -1.18. The van der Waals surface area contributed by atoms with E-state index in [0.717, 1.165) is 18.3 Å². The first-order chi connectivity index (χ1) is 15.9. The molecule has 2 aromatic rings. The summed E-state index contributed by atoms with van der Waals surface area (Å²) >= 11 is 0. The smallest absolute Gasteiger partial charge is 0.338 e. The summed E-state index contributed by atoms with van der Waals surface area (Å²) < 4.78 is 81.7. The zero-order valence-electron chi connectivity index (χ0n) is 17.1. The first-order valence-corrected chi connectivity index (χ1v) is 9.87. The van der Waals surface area contributed by atoms with Gasteiger partial charge in [0, 0.05) is 12.6 Å². The third-order valence-corrected chi connectivity index (χ3v) is 5.66. The van der Waals surface area contributed by atoms with Crippen LogP contribution in [0.25, 0.3) is 0 Å². The van der Waals surface area contributed by atoms with Crippen molar-refractivity contribution in [1.29, 1.82) is 0 Å². The quantitative estimate of drug-likeness (QED) is 0.651. The normalized spacial score (nSPS) is 22.9. The van der Waals surface area contributed by atoms with E-state index in [-0.39, 0.29) is 23.6 Å². The number of carbonyl (C=O) groups is 2. The van der Waals surface area contributed by atoms with E-state index in [0.29, 0.717) is 12.1 Å². The van der Waals surface area contributed by atoms with Crippen molar-refractivity contribution >= 4 is 17.5 Å². The Morgan fingerprint density at radius 2 is 1.91 bits per heavy atom. The fraction of sp³-hybridized carbons (Fsp3) is 0.333. The predicted molar refractivity (Wildman–Crippen MR) is 105 cm³/mol. The van der Waals surface area contributed by atoms with Gasteiger partial charge in [-0.3, -0.25) is 24.4 Å². The molecule has 2 amide bonds. The minimum Gasteiger partial charge on any atom is -0.338 e. The molecule has 7 nitrogen and oxygen atoms in total. The molecule has 0 radical (unpaired) electrons. The fourth-order valence-corrected chi connectivity index (χ4v) is 3.73. The molecule has 2 aliphatic heterocycles. The minimum absolute atomic E-state index is 0.0435. The lowest BCUT2D eigenvalue weighted by atomic mass is 9.76. The summed E-state index contributed by atoms with van der Waals surface area (Å²) in [4.78, 5) is 36.4. The lowest BCUT2D eigenvalue weighted by molar-refractivity contribution is -0.184. The third-order valence-electron chi connectivity index (χ3n) is 5.66. The molecule has 2 N–H and O–H groups in total. The van der Waals surface area contributed by atoms with Crippen molar-refractivity contribution in [3.63, 3.8) is 0 Å². The second-order valence-electron chi connectivity index (χ2n) is 7.83. The SMILES string of the molecule is O=C(NC1CONC1=O)c1ccc(C2=NCC(c3cccc(C(F)(F)F)c3)(C(F)(F)F)C2)nc1. The fourth-order valence-electron chi connectivity index (χ4n) is 3.73. The van der Waals surface area contributed by atoms with Crippen LogP contribution in [0.4, 0.5) is 26.3 Å². The Hall–Kier alpha value is -3.48. The van der Waals surface area contributed by atoms with Crippen LogP contribution in [0.15, 0.2) is 47.6 Å². The van der Waals surface area contributed by atoms with Gasteiger partial charge < -0.3 is 5.32 Å². The Kier molecular flexibility index (Phi) is 5.84. The Labute approximate surface area is 188 Å². The summed E-state index contributed by atoms with van der Waals surface area (Å²) in [5, 5.41) is 2.42. The van der Waals surface area contributed by atoms with E-state index in [9.17, 15) is 35.9 Å². The van der Waals surface area contributed by atoms with E-state index in [1.807, 2.05) is 0 Å². The average Bonchev–Trinajstić information content (AvgIpc) is 3.41. The van der Waals surface area contributed by atoms with E-state index in [4.69, 9.17) is 4.84 Å². The first kappa shape index (κ1) is 23.7. The molecular formula is C21H16F6N4O3. The van der Waals surface area contributed by atoms with Crippen molar-refractivity contribution in [2.75, 3.05) is 13.2 Å². The maximum Gasteiger partial charge on any atom is 0.416 e. The topological polar surface area (TPSA) is 92.7 Å². The highest BCUT2D eigenvalue weighted by atomic mass is 19.4. The number of nitrogens with zero attached hydrogens (tertiary/aromatic N) is 2. The molecule has 2 atom stereocenters. The maximum atomic E-state index is 14.1. The van der Waals surface area contributed by atoms with Crippen molar-refractivity contribution in [3.8, 4) is 0 Å². The number of benzene rings is 1. The number of pyridine rings is 1. The highest BCUT2D eigenvalue weighted by molar-refractivity contribution is 6.02. The first-order valence-electron chi connectivity index (χ1n) is 9.87. The van der Waals surface area contributed by atoms with Crippen LogP contribution in [-0.4, -0.2) is 47.9 Å². The van der Waals surface area contributed by atoms with Crippen LogP contribution in [-0.2, 0) is 21.2 Å². The molecule has 2 unspecified atom stereocenters. The van der Waals surface area contributed by atoms with Crippen molar-refractivity contribution in [2.45, 2.75) is 30.2 Å². The standard InChI is InChI=1S/C21H16F6N4O3/c22-20(23,24)13-3-1-2-12(6-13)19(21(25,26)27)7-15(29-10-19)14-5-4-11(8-28-14)17(32)30-16-9-34-31-18(16)33/h1-6,8,16H,7,9-10H2,(H,30,32)(H,31,33). The molecule has 1 saturated heterocycles. The van der Waals surface area contributed by atoms with Crippen molar-refractivity contribution in [3.05, 3.63) is 65.0 Å². The second kappa shape index (κ2) is 8.38. The summed E-state index contributed by atoms with van der Waals surface area (Å²) in [6, 6.07) is 4.83. The molecule has 2 aliphatic rings. The van der Waals surface area contributed by atoms with Gasteiger partial charge >= 0.3 is 12.4 Å². The zero-order chi connectivity index (χ0) is 24.7. The number of halogens is 6. The Morgan fingerprint density at radius 3 is 2.50 bits per heavy atom. The number of hydrogen-bond acceptors (Lipinski definition) is 5. The number of hydroxylamine groups is 1.